The highest BCUT2D eigenvalue weighted by Crippen LogP contribution is 2.27. The zero-order valence-corrected chi connectivity index (χ0v) is 18.9. The SMILES string of the molecule is CN(C)c1nc(NC2CCC(NC(=O)c3ccc(OC(F)(F)F)cc3)CC2)nc2ccccc12. The molecule has 2 N–H and O–H groups in total. The van der Waals surface area contributed by atoms with Crippen LogP contribution in [0.15, 0.2) is 48.5 Å². The summed E-state index contributed by atoms with van der Waals surface area (Å²) in [6.07, 6.45) is -1.56. The molecule has 0 unspecified atom stereocenters. The highest BCUT2D eigenvalue weighted by atomic mass is 19.4. The number of alkyl halides is 3. The summed E-state index contributed by atoms with van der Waals surface area (Å²) < 4.78 is 40.7. The number of ether oxygens (including phenoxy) is 1. The number of carbonyl (C=O) groups excluding carboxylic acids is 1. The van der Waals surface area contributed by atoms with Crippen LogP contribution in [0.5, 0.6) is 5.75 Å². The lowest BCUT2D eigenvalue weighted by Crippen LogP contribution is -2.40. The molecule has 2 aromatic carbocycles. The van der Waals surface area contributed by atoms with Gasteiger partial charge < -0.3 is 20.3 Å². The van der Waals surface area contributed by atoms with Crippen LogP contribution in [0.4, 0.5) is 24.9 Å². The number of hydrogen-bond acceptors (Lipinski definition) is 6. The van der Waals surface area contributed by atoms with Gasteiger partial charge in [-0.1, -0.05) is 12.1 Å². The number of para-hydroxylation sites is 1. The second kappa shape index (κ2) is 9.74. The molecule has 34 heavy (non-hydrogen) atoms. The Morgan fingerprint density at radius 2 is 1.62 bits per heavy atom. The predicted octanol–water partition coefficient (Wildman–Crippen LogP) is 4.75. The molecule has 180 valence electrons. The monoisotopic (exact) mass is 473 g/mol. The van der Waals surface area contributed by atoms with Crippen molar-refractivity contribution in [3.63, 3.8) is 0 Å². The first-order chi connectivity index (χ1) is 16.2. The van der Waals surface area contributed by atoms with Crippen LogP contribution < -0.4 is 20.3 Å². The number of nitrogens with one attached hydrogen (secondary N) is 2. The summed E-state index contributed by atoms with van der Waals surface area (Å²) >= 11 is 0. The van der Waals surface area contributed by atoms with Crippen molar-refractivity contribution in [1.82, 2.24) is 15.3 Å². The van der Waals surface area contributed by atoms with Crippen LogP contribution in [0.2, 0.25) is 0 Å². The van der Waals surface area contributed by atoms with E-state index < -0.39 is 6.36 Å². The molecular weight excluding hydrogens is 447 g/mol. The Morgan fingerprint density at radius 3 is 2.26 bits per heavy atom. The van der Waals surface area contributed by atoms with Gasteiger partial charge in [-0.3, -0.25) is 4.79 Å². The van der Waals surface area contributed by atoms with Gasteiger partial charge in [-0.2, -0.15) is 4.98 Å². The van der Waals surface area contributed by atoms with Gasteiger partial charge in [0.1, 0.15) is 11.6 Å². The second-order valence-corrected chi connectivity index (χ2v) is 8.52. The Balaban J connectivity index is 1.32. The van der Waals surface area contributed by atoms with Gasteiger partial charge in [0.25, 0.3) is 5.91 Å². The van der Waals surface area contributed by atoms with Crippen LogP contribution >= 0.6 is 0 Å². The predicted molar refractivity (Wildman–Crippen MR) is 124 cm³/mol. The third kappa shape index (κ3) is 5.86. The molecule has 7 nitrogen and oxygen atoms in total. The van der Waals surface area contributed by atoms with E-state index in [1.54, 1.807) is 0 Å². The van der Waals surface area contributed by atoms with Crippen LogP contribution in [-0.4, -0.2) is 48.4 Å². The molecule has 0 atom stereocenters. The van der Waals surface area contributed by atoms with Crippen molar-refractivity contribution >= 4 is 28.6 Å². The number of halogens is 3. The lowest BCUT2D eigenvalue weighted by Gasteiger charge is -2.30. The van der Waals surface area contributed by atoms with Gasteiger partial charge in [-0.25, -0.2) is 4.98 Å². The summed E-state index contributed by atoms with van der Waals surface area (Å²) in [5.74, 6) is 0.754. The first kappa shape index (κ1) is 23.6. The van der Waals surface area contributed by atoms with Gasteiger partial charge in [0.2, 0.25) is 5.95 Å². The zero-order chi connectivity index (χ0) is 24.3. The molecule has 1 aromatic heterocycles. The van der Waals surface area contributed by atoms with Crippen LogP contribution in [0.1, 0.15) is 36.0 Å². The van der Waals surface area contributed by atoms with E-state index >= 15 is 0 Å². The van der Waals surface area contributed by atoms with Gasteiger partial charge in [0.15, 0.2) is 0 Å². The fourth-order valence-corrected chi connectivity index (χ4v) is 4.11. The second-order valence-electron chi connectivity index (χ2n) is 8.52. The van der Waals surface area contributed by atoms with E-state index in [2.05, 4.69) is 25.3 Å². The molecule has 0 aliphatic heterocycles. The standard InChI is InChI=1S/C24H26F3N5O2/c1-32(2)21-19-5-3-4-6-20(19)30-23(31-21)29-17-11-9-16(10-12-17)28-22(33)15-7-13-18(14-8-15)34-24(25,26)27/h3-8,13-14,16-17H,9-12H2,1-2H3,(H,28,33)(H,29,30,31). The number of nitrogens with zero attached hydrogens (tertiary/aromatic N) is 3. The Labute approximate surface area is 195 Å². The van der Waals surface area contributed by atoms with E-state index in [0.717, 1.165) is 54.5 Å². The largest absolute Gasteiger partial charge is 0.573 e. The van der Waals surface area contributed by atoms with Crippen LogP contribution in [0.3, 0.4) is 0 Å². The minimum Gasteiger partial charge on any atom is -0.406 e. The Hall–Kier alpha value is -3.56. The van der Waals surface area contributed by atoms with Crippen molar-refractivity contribution in [2.24, 2.45) is 0 Å². The molecule has 1 amide bonds. The minimum absolute atomic E-state index is 0.00786. The van der Waals surface area contributed by atoms with Crippen LogP contribution in [-0.2, 0) is 0 Å². The quantitative estimate of drug-likeness (QED) is 0.538. The maximum atomic E-state index is 12.5. The molecule has 1 fully saturated rings. The first-order valence-corrected chi connectivity index (χ1v) is 11.1. The van der Waals surface area contributed by atoms with Crippen molar-refractivity contribution in [3.8, 4) is 5.75 Å². The van der Waals surface area contributed by atoms with E-state index in [9.17, 15) is 18.0 Å². The van der Waals surface area contributed by atoms with Gasteiger partial charge >= 0.3 is 6.36 Å². The molecule has 0 saturated heterocycles. The first-order valence-electron chi connectivity index (χ1n) is 11.1. The number of aromatic nitrogens is 2. The molecule has 0 spiro atoms. The summed E-state index contributed by atoms with van der Waals surface area (Å²) in [6, 6.07) is 13.0. The van der Waals surface area contributed by atoms with Crippen molar-refractivity contribution in [2.75, 3.05) is 24.3 Å². The molecule has 1 aliphatic carbocycles. The molecule has 1 heterocycles. The molecule has 1 aliphatic rings. The third-order valence-corrected chi connectivity index (χ3v) is 5.75. The molecule has 0 bridgehead atoms. The molecule has 4 rings (SSSR count). The summed E-state index contributed by atoms with van der Waals surface area (Å²) in [5.41, 5.74) is 1.16. The fraction of sp³-hybridized carbons (Fsp3) is 0.375. The molecule has 1 saturated carbocycles. The Kier molecular flexibility index (Phi) is 6.76. The van der Waals surface area contributed by atoms with Gasteiger partial charge in [-0.05, 0) is 62.1 Å². The van der Waals surface area contributed by atoms with Crippen LogP contribution in [0.25, 0.3) is 10.9 Å². The van der Waals surface area contributed by atoms with E-state index in [1.165, 1.54) is 12.1 Å². The topological polar surface area (TPSA) is 79.4 Å². The van der Waals surface area contributed by atoms with E-state index in [-0.39, 0.29) is 29.3 Å². The lowest BCUT2D eigenvalue weighted by molar-refractivity contribution is -0.274. The highest BCUT2D eigenvalue weighted by molar-refractivity contribution is 5.94. The number of fused-ring (bicyclic) bond motifs is 1. The highest BCUT2D eigenvalue weighted by Gasteiger charge is 2.31. The summed E-state index contributed by atoms with van der Waals surface area (Å²) in [6.45, 7) is 0. The van der Waals surface area contributed by atoms with Crippen molar-refractivity contribution in [3.05, 3.63) is 54.1 Å². The van der Waals surface area contributed by atoms with Crippen molar-refractivity contribution < 1.29 is 22.7 Å². The minimum atomic E-state index is -4.76. The molecular formula is C24H26F3N5O2. The fourth-order valence-electron chi connectivity index (χ4n) is 4.11. The van der Waals surface area contributed by atoms with E-state index in [1.807, 2.05) is 43.3 Å². The van der Waals surface area contributed by atoms with Gasteiger partial charge in [-0.15, -0.1) is 13.2 Å². The number of carbonyl (C=O) groups is 1. The number of benzene rings is 2. The van der Waals surface area contributed by atoms with E-state index in [0.29, 0.717) is 5.95 Å². The maximum Gasteiger partial charge on any atom is 0.573 e. The average molecular weight is 473 g/mol. The summed E-state index contributed by atoms with van der Waals surface area (Å²) in [4.78, 5) is 23.8. The number of anilines is 2. The number of rotatable bonds is 6. The third-order valence-electron chi connectivity index (χ3n) is 5.75. The average Bonchev–Trinajstić information content (AvgIpc) is 2.79. The Morgan fingerprint density at radius 1 is 0.971 bits per heavy atom. The smallest absolute Gasteiger partial charge is 0.406 e. The van der Waals surface area contributed by atoms with Crippen LogP contribution in [0, 0.1) is 0 Å². The summed E-state index contributed by atoms with van der Waals surface area (Å²) in [7, 11) is 3.90. The maximum absolute atomic E-state index is 12.5. The van der Waals surface area contributed by atoms with Gasteiger partial charge in [0.05, 0.1) is 5.52 Å². The molecule has 10 heteroatoms. The Bertz CT molecular complexity index is 1140. The normalized spacial score (nSPS) is 18.4. The van der Waals surface area contributed by atoms with Crippen molar-refractivity contribution in [1.29, 1.82) is 0 Å². The molecule has 0 radical (unpaired) electrons. The lowest BCUT2D eigenvalue weighted by atomic mass is 9.91. The van der Waals surface area contributed by atoms with E-state index in [4.69, 9.17) is 0 Å². The van der Waals surface area contributed by atoms with Crippen molar-refractivity contribution in [2.45, 2.75) is 44.1 Å². The number of amides is 1. The molecule has 3 aromatic rings. The zero-order valence-electron chi connectivity index (χ0n) is 18.9. The summed E-state index contributed by atoms with van der Waals surface area (Å²) in [5, 5.41) is 7.39. The van der Waals surface area contributed by atoms with Gasteiger partial charge in [0, 0.05) is 37.1 Å². The number of hydrogen-bond donors (Lipinski definition) is 2.